The molecular weight excluding hydrogens is 560 g/mol. The molecule has 0 saturated heterocycles. The summed E-state index contributed by atoms with van der Waals surface area (Å²) >= 11 is 3.29. The summed E-state index contributed by atoms with van der Waals surface area (Å²) in [7, 11) is -1.12. The van der Waals surface area contributed by atoms with Crippen molar-refractivity contribution < 1.29 is 18.0 Å². The Hall–Kier alpha value is -2.14. The monoisotopic (exact) mass is 594 g/mol. The Morgan fingerprint density at radius 1 is 1.03 bits per heavy atom. The maximum absolute atomic E-state index is 13.6. The number of benzene rings is 1. The molecule has 1 aromatic carbocycles. The van der Waals surface area contributed by atoms with Gasteiger partial charge in [-0.3, -0.25) is 18.7 Å². The minimum atomic E-state index is -4.29. The highest BCUT2D eigenvalue weighted by atomic mass is 79.9. The van der Waals surface area contributed by atoms with E-state index >= 15 is 0 Å². The Bertz CT molecular complexity index is 1410. The first kappa shape index (κ1) is 26.5. The normalized spacial score (nSPS) is 27.6. The Morgan fingerprint density at radius 3 is 2.05 bits per heavy atom. The molecule has 4 fully saturated rings. The van der Waals surface area contributed by atoms with Gasteiger partial charge in [-0.15, -0.1) is 0 Å². The van der Waals surface area contributed by atoms with E-state index in [-0.39, 0.29) is 26.9 Å². The van der Waals surface area contributed by atoms with Crippen molar-refractivity contribution in [1.29, 1.82) is 0 Å². The van der Waals surface area contributed by atoms with Gasteiger partial charge < -0.3 is 5.32 Å². The third-order valence-electron chi connectivity index (χ3n) is 8.70. The number of nitrogens with zero attached hydrogens (tertiary/aromatic N) is 2. The van der Waals surface area contributed by atoms with Crippen LogP contribution in [0.1, 0.15) is 58.8 Å². The number of amides is 2. The first-order chi connectivity index (χ1) is 17.3. The third kappa shape index (κ3) is 4.66. The Kier molecular flexibility index (Phi) is 6.62. The van der Waals surface area contributed by atoms with Crippen LogP contribution in [0, 0.1) is 29.1 Å². The van der Waals surface area contributed by atoms with E-state index in [2.05, 4.69) is 26.0 Å². The highest BCUT2D eigenvalue weighted by Crippen LogP contribution is 2.60. The van der Waals surface area contributed by atoms with Crippen LogP contribution in [0.2, 0.25) is 0 Å². The van der Waals surface area contributed by atoms with Crippen molar-refractivity contribution in [3.63, 3.8) is 0 Å². The van der Waals surface area contributed by atoms with Gasteiger partial charge in [-0.25, -0.2) is 17.9 Å². The lowest BCUT2D eigenvalue weighted by Gasteiger charge is -2.55. The molecule has 11 heteroatoms. The second kappa shape index (κ2) is 9.25. The Labute approximate surface area is 225 Å². The molecule has 0 aliphatic heterocycles. The first-order valence-corrected chi connectivity index (χ1v) is 15.3. The average molecular weight is 596 g/mol. The van der Waals surface area contributed by atoms with Crippen LogP contribution in [-0.4, -0.2) is 35.4 Å². The highest BCUT2D eigenvalue weighted by molar-refractivity contribution is 9.10. The SMILES string of the molecule is CC(C)CC(NC(=O)C12CC3CC(CC(C3)C1)C2)C(=O)NS(=O)(=O)c1cc2c(cc1Br)n(C)c(=O)n2C. The quantitative estimate of drug-likeness (QED) is 0.510. The van der Waals surface area contributed by atoms with Gasteiger partial charge in [-0.1, -0.05) is 13.8 Å². The molecule has 4 bridgehead atoms. The first-order valence-electron chi connectivity index (χ1n) is 13.0. The van der Waals surface area contributed by atoms with Crippen LogP contribution in [0.3, 0.4) is 0 Å². The third-order valence-corrected chi connectivity index (χ3v) is 11.0. The van der Waals surface area contributed by atoms with Crippen LogP contribution in [0.4, 0.5) is 0 Å². The van der Waals surface area contributed by atoms with E-state index in [4.69, 9.17) is 0 Å². The predicted octanol–water partition coefficient (Wildman–Crippen LogP) is 3.19. The van der Waals surface area contributed by atoms with Crippen molar-refractivity contribution in [2.24, 2.45) is 43.2 Å². The topological polar surface area (TPSA) is 119 Å². The number of carbonyl (C=O) groups excluding carboxylic acids is 2. The summed E-state index contributed by atoms with van der Waals surface area (Å²) in [5.41, 5.74) is 0.266. The van der Waals surface area contributed by atoms with Crippen molar-refractivity contribution in [3.05, 3.63) is 27.1 Å². The summed E-state index contributed by atoms with van der Waals surface area (Å²) in [5, 5.41) is 2.97. The molecule has 4 aliphatic rings. The van der Waals surface area contributed by atoms with Gasteiger partial charge in [0.05, 0.1) is 11.0 Å². The van der Waals surface area contributed by atoms with Gasteiger partial charge in [0.15, 0.2) is 0 Å². The number of rotatable bonds is 7. The molecule has 1 unspecified atom stereocenters. The van der Waals surface area contributed by atoms with Crippen LogP contribution in [0.25, 0.3) is 11.0 Å². The molecule has 2 aromatic rings. The number of fused-ring (bicyclic) bond motifs is 1. The molecule has 0 radical (unpaired) electrons. The maximum atomic E-state index is 13.6. The fourth-order valence-electron chi connectivity index (χ4n) is 7.37. The molecule has 37 heavy (non-hydrogen) atoms. The number of aromatic nitrogens is 2. The summed E-state index contributed by atoms with van der Waals surface area (Å²) in [5.74, 6) is 0.951. The second-order valence-electron chi connectivity index (χ2n) is 12.0. The van der Waals surface area contributed by atoms with E-state index in [9.17, 15) is 22.8 Å². The zero-order valence-electron chi connectivity index (χ0n) is 21.7. The number of halogens is 1. The predicted molar refractivity (Wildman–Crippen MR) is 143 cm³/mol. The lowest BCUT2D eigenvalue weighted by Crippen LogP contribution is -2.57. The largest absolute Gasteiger partial charge is 0.344 e. The lowest BCUT2D eigenvalue weighted by atomic mass is 9.49. The molecular formula is C26H35BrN4O5S. The summed E-state index contributed by atoms with van der Waals surface area (Å²) in [4.78, 5) is 39.1. The zero-order chi connectivity index (χ0) is 26.9. The molecule has 1 atom stereocenters. The molecule has 0 spiro atoms. The molecule has 6 rings (SSSR count). The van der Waals surface area contributed by atoms with Gasteiger partial charge in [0.25, 0.3) is 15.9 Å². The number of aryl methyl sites for hydroxylation is 2. The molecule has 1 heterocycles. The molecule has 202 valence electrons. The van der Waals surface area contributed by atoms with Crippen LogP contribution in [0.5, 0.6) is 0 Å². The summed E-state index contributed by atoms with van der Waals surface area (Å²) in [6.45, 7) is 3.87. The van der Waals surface area contributed by atoms with E-state index < -0.39 is 27.4 Å². The fourth-order valence-corrected chi connectivity index (χ4v) is 9.44. The van der Waals surface area contributed by atoms with Crippen molar-refractivity contribution in [1.82, 2.24) is 19.2 Å². The van der Waals surface area contributed by atoms with Gasteiger partial charge >= 0.3 is 5.69 Å². The van der Waals surface area contributed by atoms with Crippen LogP contribution in [0.15, 0.2) is 26.3 Å². The minimum Gasteiger partial charge on any atom is -0.344 e. The fraction of sp³-hybridized carbons (Fsp3) is 0.654. The van der Waals surface area contributed by atoms with Crippen LogP contribution >= 0.6 is 15.9 Å². The number of hydrogen-bond donors (Lipinski definition) is 2. The molecule has 4 aliphatic carbocycles. The number of imidazole rings is 1. The van der Waals surface area contributed by atoms with Crippen LogP contribution in [-0.2, 0) is 33.7 Å². The molecule has 2 amide bonds. The highest BCUT2D eigenvalue weighted by Gasteiger charge is 2.55. The second-order valence-corrected chi connectivity index (χ2v) is 14.5. The van der Waals surface area contributed by atoms with Crippen molar-refractivity contribution >= 4 is 48.8 Å². The van der Waals surface area contributed by atoms with Crippen molar-refractivity contribution in [2.45, 2.75) is 69.7 Å². The number of nitrogens with one attached hydrogen (secondary N) is 2. The molecule has 4 saturated carbocycles. The molecule has 9 nitrogen and oxygen atoms in total. The number of sulfonamides is 1. The van der Waals surface area contributed by atoms with Gasteiger partial charge in [0.1, 0.15) is 10.9 Å². The van der Waals surface area contributed by atoms with E-state index in [1.165, 1.54) is 34.5 Å². The summed E-state index contributed by atoms with van der Waals surface area (Å²) in [6.07, 6.45) is 6.52. The van der Waals surface area contributed by atoms with E-state index in [0.717, 1.165) is 19.3 Å². The Morgan fingerprint density at radius 2 is 1.54 bits per heavy atom. The molecule has 1 aromatic heterocycles. The van der Waals surface area contributed by atoms with Gasteiger partial charge in [0.2, 0.25) is 5.91 Å². The lowest BCUT2D eigenvalue weighted by molar-refractivity contribution is -0.148. The minimum absolute atomic E-state index is 0.0667. The van der Waals surface area contributed by atoms with Gasteiger partial charge in [0, 0.05) is 24.0 Å². The van der Waals surface area contributed by atoms with E-state index in [1.54, 1.807) is 20.2 Å². The van der Waals surface area contributed by atoms with Gasteiger partial charge in [-0.05, 0) is 96.7 Å². The summed E-state index contributed by atoms with van der Waals surface area (Å²) < 4.78 is 31.9. The van der Waals surface area contributed by atoms with Crippen LogP contribution < -0.4 is 15.7 Å². The standard InChI is InChI=1S/C26H35BrN4O5S/c1-14(2)5-19(28-24(33)26-11-15-6-16(12-26)8-17(7-15)13-26)23(32)29-37(35,36)22-10-21-20(9-18(22)27)30(3)25(34)31(21)4/h9-10,14-17,19H,5-8,11-13H2,1-4H3,(H,28,33)(H,29,32). The van der Waals surface area contributed by atoms with E-state index in [0.29, 0.717) is 35.2 Å². The Balaban J connectivity index is 1.39. The van der Waals surface area contributed by atoms with E-state index in [1.807, 2.05) is 13.8 Å². The van der Waals surface area contributed by atoms with Gasteiger partial charge in [-0.2, -0.15) is 0 Å². The molecule has 2 N–H and O–H groups in total. The number of carbonyl (C=O) groups is 2. The zero-order valence-corrected chi connectivity index (χ0v) is 24.1. The van der Waals surface area contributed by atoms with Crippen molar-refractivity contribution in [3.8, 4) is 0 Å². The smallest absolute Gasteiger partial charge is 0.328 e. The number of hydrogen-bond acceptors (Lipinski definition) is 5. The maximum Gasteiger partial charge on any atom is 0.328 e. The van der Waals surface area contributed by atoms with Crippen molar-refractivity contribution in [2.75, 3.05) is 0 Å². The average Bonchev–Trinajstić information content (AvgIpc) is 3.00. The summed E-state index contributed by atoms with van der Waals surface area (Å²) in [6, 6.07) is 1.97.